The van der Waals surface area contributed by atoms with E-state index in [4.69, 9.17) is 17.4 Å². The minimum absolute atomic E-state index is 1.14. The zero-order valence-corrected chi connectivity index (χ0v) is 6.72. The summed E-state index contributed by atoms with van der Waals surface area (Å²) in [6.07, 6.45) is 0. The number of rotatable bonds is 3. The predicted molar refractivity (Wildman–Crippen MR) is 33.5 cm³/mol. The fourth-order valence-electron chi connectivity index (χ4n) is 0.240. The van der Waals surface area contributed by atoms with Crippen molar-refractivity contribution in [2.24, 2.45) is 5.50 Å². The number of nitrogens with zero attached hydrogens (tertiary/aromatic N) is 1. The van der Waals surface area contributed by atoms with Gasteiger partial charge in [0.15, 0.2) is 0 Å². The molecule has 5 nitrogen and oxygen atoms in total. The molecule has 2 N–H and O–H groups in total. The van der Waals surface area contributed by atoms with Crippen LogP contribution in [0, 0.1) is 0 Å². The molecule has 0 aliphatic heterocycles. The van der Waals surface area contributed by atoms with Crippen molar-refractivity contribution in [3.05, 3.63) is 0 Å². The normalized spacial score (nSPS) is 17.9. The lowest BCUT2D eigenvalue weighted by atomic mass is 11.2. The van der Waals surface area contributed by atoms with Crippen LogP contribution in [0.4, 0.5) is 0 Å². The SMILES string of the molecule is CN(C)OP(N)(=O)OCl. The summed E-state index contributed by atoms with van der Waals surface area (Å²) in [6, 6.07) is 0. The van der Waals surface area contributed by atoms with Crippen LogP contribution >= 0.6 is 19.6 Å². The summed E-state index contributed by atoms with van der Waals surface area (Å²) in [6.45, 7) is 0. The van der Waals surface area contributed by atoms with Gasteiger partial charge in [0.05, 0.1) is 11.9 Å². The van der Waals surface area contributed by atoms with Crippen molar-refractivity contribution in [3.8, 4) is 0 Å². The average molecular weight is 175 g/mol. The Balaban J connectivity index is 3.73. The fourth-order valence-corrected chi connectivity index (χ4v) is 0.796. The molecule has 0 saturated carbocycles. The molecular formula is C2H8ClN2O3P. The van der Waals surface area contributed by atoms with Gasteiger partial charge in [0, 0.05) is 14.1 Å². The lowest BCUT2D eigenvalue weighted by Crippen LogP contribution is -2.13. The molecule has 0 aliphatic rings. The van der Waals surface area contributed by atoms with Crippen LogP contribution in [-0.4, -0.2) is 19.2 Å². The summed E-state index contributed by atoms with van der Waals surface area (Å²) in [5.41, 5.74) is 4.85. The Hall–Kier alpha value is 0.360. The zero-order valence-electron chi connectivity index (χ0n) is 5.07. The Morgan fingerprint density at radius 2 is 2.11 bits per heavy atom. The molecule has 0 bridgehead atoms. The molecule has 0 aromatic heterocycles. The van der Waals surface area contributed by atoms with E-state index in [1.165, 1.54) is 14.1 Å². The smallest absolute Gasteiger partial charge is 0.238 e. The molecule has 0 saturated heterocycles. The molecule has 1 unspecified atom stereocenters. The molecule has 56 valence electrons. The monoisotopic (exact) mass is 174 g/mol. The summed E-state index contributed by atoms with van der Waals surface area (Å²) in [4.78, 5) is 0. The third kappa shape index (κ3) is 4.84. The van der Waals surface area contributed by atoms with Crippen molar-refractivity contribution in [1.82, 2.24) is 5.06 Å². The van der Waals surface area contributed by atoms with Gasteiger partial charge >= 0.3 is 7.75 Å². The highest BCUT2D eigenvalue weighted by Crippen LogP contribution is 2.40. The molecule has 0 aromatic carbocycles. The van der Waals surface area contributed by atoms with E-state index >= 15 is 0 Å². The van der Waals surface area contributed by atoms with Crippen LogP contribution in [0.25, 0.3) is 0 Å². The maximum absolute atomic E-state index is 10.6. The highest BCUT2D eigenvalue weighted by Gasteiger charge is 2.18. The molecule has 0 rings (SSSR count). The summed E-state index contributed by atoms with van der Waals surface area (Å²) in [5.74, 6) is 0. The average Bonchev–Trinajstić information content (AvgIpc) is 1.63. The molecule has 0 spiro atoms. The van der Waals surface area contributed by atoms with Crippen LogP contribution in [0.15, 0.2) is 0 Å². The van der Waals surface area contributed by atoms with E-state index in [9.17, 15) is 4.57 Å². The van der Waals surface area contributed by atoms with Crippen molar-refractivity contribution in [3.63, 3.8) is 0 Å². The summed E-state index contributed by atoms with van der Waals surface area (Å²) < 4.78 is 18.7. The number of halogens is 1. The van der Waals surface area contributed by atoms with Crippen LogP contribution in [0.3, 0.4) is 0 Å². The first kappa shape index (κ1) is 9.36. The minimum Gasteiger partial charge on any atom is -0.238 e. The van der Waals surface area contributed by atoms with Crippen LogP contribution in [-0.2, 0) is 13.3 Å². The van der Waals surface area contributed by atoms with Gasteiger partial charge in [-0.2, -0.15) is 9.14 Å². The topological polar surface area (TPSA) is 64.8 Å². The second kappa shape index (κ2) is 3.51. The van der Waals surface area contributed by atoms with Crippen molar-refractivity contribution in [2.45, 2.75) is 0 Å². The highest BCUT2D eigenvalue weighted by atomic mass is 35.5. The zero-order chi connectivity index (χ0) is 7.49. The van der Waals surface area contributed by atoms with Crippen LogP contribution in [0.2, 0.25) is 0 Å². The summed E-state index contributed by atoms with van der Waals surface area (Å²) in [7, 11) is -0.520. The van der Waals surface area contributed by atoms with E-state index in [0.717, 1.165) is 5.06 Å². The molecule has 0 fully saturated rings. The Kier molecular flexibility index (Phi) is 3.65. The van der Waals surface area contributed by atoms with Gasteiger partial charge in [0.1, 0.15) is 0 Å². The molecule has 0 aliphatic carbocycles. The van der Waals surface area contributed by atoms with Gasteiger partial charge in [-0.1, -0.05) is 0 Å². The van der Waals surface area contributed by atoms with Crippen molar-refractivity contribution in [2.75, 3.05) is 14.1 Å². The molecule has 0 amide bonds. The summed E-state index contributed by atoms with van der Waals surface area (Å²) in [5, 5.41) is 1.14. The van der Waals surface area contributed by atoms with Crippen molar-refractivity contribution in [1.29, 1.82) is 0 Å². The minimum atomic E-state index is -3.54. The number of hydrogen-bond acceptors (Lipinski definition) is 4. The summed E-state index contributed by atoms with van der Waals surface area (Å²) >= 11 is 4.70. The Morgan fingerprint density at radius 3 is 2.22 bits per heavy atom. The molecule has 0 radical (unpaired) electrons. The van der Waals surface area contributed by atoms with Gasteiger partial charge in [0.2, 0.25) is 0 Å². The predicted octanol–water partition coefficient (Wildman–Crippen LogP) is 0.717. The van der Waals surface area contributed by atoms with Gasteiger partial charge < -0.3 is 0 Å². The van der Waals surface area contributed by atoms with E-state index in [1.54, 1.807) is 0 Å². The number of hydrogen-bond donors (Lipinski definition) is 1. The molecule has 0 aromatic rings. The van der Waals surface area contributed by atoms with Crippen LogP contribution in [0.1, 0.15) is 0 Å². The van der Waals surface area contributed by atoms with Crippen molar-refractivity contribution < 1.29 is 13.3 Å². The lowest BCUT2D eigenvalue weighted by molar-refractivity contribution is -0.0121. The van der Waals surface area contributed by atoms with Gasteiger partial charge in [0.25, 0.3) is 0 Å². The van der Waals surface area contributed by atoms with Gasteiger partial charge in [-0.25, -0.2) is 14.7 Å². The van der Waals surface area contributed by atoms with E-state index in [2.05, 4.69) is 8.70 Å². The molecule has 1 atom stereocenters. The Morgan fingerprint density at radius 1 is 1.67 bits per heavy atom. The lowest BCUT2D eigenvalue weighted by Gasteiger charge is -2.12. The van der Waals surface area contributed by atoms with E-state index < -0.39 is 7.75 Å². The maximum atomic E-state index is 10.6. The van der Waals surface area contributed by atoms with E-state index in [-0.39, 0.29) is 0 Å². The Labute approximate surface area is 58.4 Å². The number of nitrogens with two attached hydrogens (primary N) is 1. The third-order valence-corrected chi connectivity index (χ3v) is 1.70. The maximum Gasteiger partial charge on any atom is 0.435 e. The third-order valence-electron chi connectivity index (χ3n) is 0.373. The first-order valence-electron chi connectivity index (χ1n) is 2.04. The molecule has 7 heteroatoms. The van der Waals surface area contributed by atoms with E-state index in [0.29, 0.717) is 0 Å². The number of hydroxylamine groups is 2. The highest BCUT2D eigenvalue weighted by molar-refractivity contribution is 7.52. The largest absolute Gasteiger partial charge is 0.435 e. The second-order valence-electron chi connectivity index (χ2n) is 1.50. The van der Waals surface area contributed by atoms with Crippen molar-refractivity contribution >= 4 is 19.6 Å². The molecular weight excluding hydrogens is 166 g/mol. The van der Waals surface area contributed by atoms with Gasteiger partial charge in [-0.05, 0) is 0 Å². The standard InChI is InChI=1S/C2H8ClN2O3P/c1-5(2)8-9(4,6)7-3/h1-2H3,(H2,4,6). The fraction of sp³-hybridized carbons (Fsp3) is 1.00. The Bertz CT molecular complexity index is 129. The first-order valence-corrected chi connectivity index (χ1v) is 3.96. The first-order chi connectivity index (χ1) is 3.98. The second-order valence-corrected chi connectivity index (χ2v) is 3.30. The van der Waals surface area contributed by atoms with Gasteiger partial charge in [-0.15, -0.1) is 0 Å². The van der Waals surface area contributed by atoms with Crippen LogP contribution < -0.4 is 5.50 Å². The quantitative estimate of drug-likeness (QED) is 0.504. The van der Waals surface area contributed by atoms with Crippen LogP contribution in [0.5, 0.6) is 0 Å². The molecule has 9 heavy (non-hydrogen) atoms. The van der Waals surface area contributed by atoms with Gasteiger partial charge in [-0.3, -0.25) is 0 Å². The van der Waals surface area contributed by atoms with E-state index in [1.807, 2.05) is 0 Å². The molecule has 0 heterocycles.